The van der Waals surface area contributed by atoms with Crippen molar-refractivity contribution in [3.05, 3.63) is 48.0 Å². The first kappa shape index (κ1) is 13.2. The van der Waals surface area contributed by atoms with Gasteiger partial charge in [0.05, 0.1) is 11.9 Å². The van der Waals surface area contributed by atoms with Crippen LogP contribution in [0.1, 0.15) is 24.0 Å². The lowest BCUT2D eigenvalue weighted by atomic mass is 10.1. The number of halogens is 3. The van der Waals surface area contributed by atoms with Gasteiger partial charge in [-0.2, -0.15) is 13.2 Å². The first-order valence-electron chi connectivity index (χ1n) is 6.46. The van der Waals surface area contributed by atoms with Crippen LogP contribution < -0.4 is 5.32 Å². The molecule has 6 heteroatoms. The fourth-order valence-corrected chi connectivity index (χ4v) is 2.10. The second-order valence-electron chi connectivity index (χ2n) is 4.96. The molecule has 0 amide bonds. The fraction of sp³-hybridized carbons (Fsp3) is 0.357. The zero-order valence-corrected chi connectivity index (χ0v) is 10.7. The highest BCUT2D eigenvalue weighted by molar-refractivity contribution is 5.42. The van der Waals surface area contributed by atoms with Crippen LogP contribution in [0.4, 0.5) is 13.2 Å². The smallest absolute Gasteiger partial charge is 0.310 e. The van der Waals surface area contributed by atoms with Crippen LogP contribution in [0.15, 0.2) is 36.9 Å². The van der Waals surface area contributed by atoms with Crippen molar-refractivity contribution in [2.45, 2.75) is 31.6 Å². The van der Waals surface area contributed by atoms with Gasteiger partial charge in [-0.1, -0.05) is 6.07 Å². The second kappa shape index (κ2) is 4.94. The molecule has 106 valence electrons. The summed E-state index contributed by atoms with van der Waals surface area (Å²) < 4.78 is 41.0. The summed E-state index contributed by atoms with van der Waals surface area (Å²) in [6.45, 7) is 0.254. The van der Waals surface area contributed by atoms with Crippen molar-refractivity contribution in [2.24, 2.45) is 0 Å². The van der Waals surface area contributed by atoms with Crippen LogP contribution in [-0.2, 0) is 12.7 Å². The van der Waals surface area contributed by atoms with E-state index in [0.717, 1.165) is 12.8 Å². The Labute approximate surface area is 114 Å². The number of imidazole rings is 1. The monoisotopic (exact) mass is 281 g/mol. The summed E-state index contributed by atoms with van der Waals surface area (Å²) in [6, 6.07) is 4.77. The van der Waals surface area contributed by atoms with Crippen molar-refractivity contribution < 1.29 is 13.2 Å². The number of alkyl halides is 3. The number of aromatic nitrogens is 2. The van der Waals surface area contributed by atoms with E-state index < -0.39 is 11.7 Å². The van der Waals surface area contributed by atoms with Gasteiger partial charge in [-0.3, -0.25) is 0 Å². The van der Waals surface area contributed by atoms with E-state index in [1.165, 1.54) is 24.7 Å². The van der Waals surface area contributed by atoms with Crippen molar-refractivity contribution in [3.8, 4) is 5.69 Å². The summed E-state index contributed by atoms with van der Waals surface area (Å²) in [6.07, 6.45) is 2.39. The zero-order valence-electron chi connectivity index (χ0n) is 10.7. The molecule has 0 saturated heterocycles. The molecule has 1 saturated carbocycles. The maximum atomic E-state index is 13.2. The van der Waals surface area contributed by atoms with E-state index in [0.29, 0.717) is 11.7 Å². The zero-order chi connectivity index (χ0) is 14.2. The Morgan fingerprint density at radius 1 is 1.30 bits per heavy atom. The van der Waals surface area contributed by atoms with E-state index in [-0.39, 0.29) is 12.1 Å². The molecule has 0 radical (unpaired) electrons. The van der Waals surface area contributed by atoms with Crippen LogP contribution in [0.25, 0.3) is 5.69 Å². The summed E-state index contributed by atoms with van der Waals surface area (Å²) in [5.41, 5.74) is 0.162. The molecular formula is C14H14F3N3. The molecule has 3 nitrogen and oxygen atoms in total. The highest BCUT2D eigenvalue weighted by atomic mass is 19.4. The largest absolute Gasteiger partial charge is 0.416 e. The van der Waals surface area contributed by atoms with E-state index in [1.807, 2.05) is 0 Å². The average Bonchev–Trinajstić information content (AvgIpc) is 3.07. The molecule has 1 aliphatic rings. The summed E-state index contributed by atoms with van der Waals surface area (Å²) in [5.74, 6) is 0. The van der Waals surface area contributed by atoms with Gasteiger partial charge >= 0.3 is 6.18 Å². The van der Waals surface area contributed by atoms with Crippen LogP contribution in [0.5, 0.6) is 0 Å². The number of benzene rings is 1. The van der Waals surface area contributed by atoms with Crippen molar-refractivity contribution in [1.29, 1.82) is 0 Å². The maximum Gasteiger partial charge on any atom is 0.416 e. The highest BCUT2D eigenvalue weighted by Gasteiger charge is 2.34. The van der Waals surface area contributed by atoms with Crippen LogP contribution >= 0.6 is 0 Å². The van der Waals surface area contributed by atoms with Crippen LogP contribution in [0.3, 0.4) is 0 Å². The van der Waals surface area contributed by atoms with E-state index in [9.17, 15) is 13.2 Å². The summed E-state index contributed by atoms with van der Waals surface area (Å²) in [7, 11) is 0. The molecule has 0 unspecified atom stereocenters. The van der Waals surface area contributed by atoms with Crippen molar-refractivity contribution in [3.63, 3.8) is 0 Å². The van der Waals surface area contributed by atoms with Gasteiger partial charge in [0.25, 0.3) is 0 Å². The van der Waals surface area contributed by atoms with Crippen LogP contribution in [0, 0.1) is 0 Å². The number of hydrogen-bond acceptors (Lipinski definition) is 2. The van der Waals surface area contributed by atoms with Crippen molar-refractivity contribution in [1.82, 2.24) is 14.9 Å². The minimum Gasteiger partial charge on any atom is -0.310 e. The minimum atomic E-state index is -4.35. The standard InChI is InChI=1S/C14H14F3N3/c15-14(16,17)13-7-12(20-6-5-18-9-20)4-1-10(13)8-19-11-2-3-11/h1,4-7,9,11,19H,2-3,8H2. The summed E-state index contributed by atoms with van der Waals surface area (Å²) in [4.78, 5) is 3.85. The molecule has 0 aliphatic heterocycles. The average molecular weight is 281 g/mol. The number of rotatable bonds is 4. The molecule has 1 fully saturated rings. The van der Waals surface area contributed by atoms with Gasteiger partial charge in [0.1, 0.15) is 0 Å². The Morgan fingerprint density at radius 2 is 2.10 bits per heavy atom. The second-order valence-corrected chi connectivity index (χ2v) is 4.96. The number of nitrogens with one attached hydrogen (secondary N) is 1. The normalized spacial score (nSPS) is 15.6. The molecule has 1 heterocycles. The first-order chi connectivity index (χ1) is 9.54. The molecule has 1 N–H and O–H groups in total. The lowest BCUT2D eigenvalue weighted by Crippen LogP contribution is -2.19. The summed E-state index contributed by atoms with van der Waals surface area (Å²) in [5, 5.41) is 3.12. The third-order valence-electron chi connectivity index (χ3n) is 3.36. The van der Waals surface area contributed by atoms with Crippen molar-refractivity contribution >= 4 is 0 Å². The Kier molecular flexibility index (Phi) is 3.25. The van der Waals surface area contributed by atoms with Gasteiger partial charge in [-0.25, -0.2) is 4.98 Å². The highest BCUT2D eigenvalue weighted by Crippen LogP contribution is 2.34. The van der Waals surface area contributed by atoms with Crippen molar-refractivity contribution in [2.75, 3.05) is 0 Å². The molecule has 1 aromatic heterocycles. The number of nitrogens with zero attached hydrogens (tertiary/aromatic N) is 2. The molecule has 0 spiro atoms. The quantitative estimate of drug-likeness (QED) is 0.933. The lowest BCUT2D eigenvalue weighted by molar-refractivity contribution is -0.138. The van der Waals surface area contributed by atoms with E-state index in [1.54, 1.807) is 16.8 Å². The fourth-order valence-electron chi connectivity index (χ4n) is 2.10. The molecule has 2 aromatic rings. The van der Waals surface area contributed by atoms with Gasteiger partial charge in [-0.15, -0.1) is 0 Å². The van der Waals surface area contributed by atoms with E-state index in [4.69, 9.17) is 0 Å². The lowest BCUT2D eigenvalue weighted by Gasteiger charge is -2.15. The van der Waals surface area contributed by atoms with Gasteiger partial charge in [-0.05, 0) is 30.5 Å². The minimum absolute atomic E-state index is 0.254. The van der Waals surface area contributed by atoms with E-state index in [2.05, 4.69) is 10.3 Å². The predicted molar refractivity (Wildman–Crippen MR) is 68.4 cm³/mol. The summed E-state index contributed by atoms with van der Waals surface area (Å²) >= 11 is 0. The Balaban J connectivity index is 1.92. The SMILES string of the molecule is FC(F)(F)c1cc(-n2ccnc2)ccc1CNC1CC1. The van der Waals surface area contributed by atoms with Crippen LogP contribution in [-0.4, -0.2) is 15.6 Å². The van der Waals surface area contributed by atoms with Gasteiger partial charge in [0.15, 0.2) is 0 Å². The van der Waals surface area contributed by atoms with Gasteiger partial charge in [0.2, 0.25) is 0 Å². The Morgan fingerprint density at radius 3 is 2.70 bits per heavy atom. The molecule has 0 bridgehead atoms. The molecule has 20 heavy (non-hydrogen) atoms. The molecule has 3 rings (SSSR count). The number of hydrogen-bond donors (Lipinski definition) is 1. The van der Waals surface area contributed by atoms with Gasteiger partial charge in [0, 0.05) is 30.7 Å². The molecule has 0 atom stereocenters. The molecule has 1 aromatic carbocycles. The first-order valence-corrected chi connectivity index (χ1v) is 6.46. The third-order valence-corrected chi connectivity index (χ3v) is 3.36. The van der Waals surface area contributed by atoms with Gasteiger partial charge < -0.3 is 9.88 Å². The topological polar surface area (TPSA) is 29.9 Å². The maximum absolute atomic E-state index is 13.2. The molecular weight excluding hydrogens is 267 g/mol. The predicted octanol–water partition coefficient (Wildman–Crippen LogP) is 3.14. The molecule has 1 aliphatic carbocycles. The Hall–Kier alpha value is -1.82. The Bertz CT molecular complexity index is 586. The third kappa shape index (κ3) is 2.85. The van der Waals surface area contributed by atoms with Crippen LogP contribution in [0.2, 0.25) is 0 Å². The van der Waals surface area contributed by atoms with E-state index >= 15 is 0 Å².